The summed E-state index contributed by atoms with van der Waals surface area (Å²) in [5.41, 5.74) is 0. The molecule has 4 aliphatic rings. The Morgan fingerprint density at radius 1 is 1.08 bits per heavy atom. The van der Waals surface area contributed by atoms with E-state index in [1.807, 2.05) is 0 Å². The van der Waals surface area contributed by atoms with E-state index in [9.17, 15) is 22.0 Å². The molecule has 1 heterocycles. The van der Waals surface area contributed by atoms with Gasteiger partial charge in [-0.2, -0.15) is 4.31 Å². The molecular weight excluding hydrogens is 512 g/mol. The van der Waals surface area contributed by atoms with Crippen LogP contribution in [0.5, 0.6) is 0 Å². The molecule has 7 atom stereocenters. The van der Waals surface area contributed by atoms with Crippen LogP contribution in [0, 0.1) is 5.92 Å². The molecule has 3 aliphatic carbocycles. The highest BCUT2D eigenvalue weighted by molar-refractivity contribution is 7.89. The summed E-state index contributed by atoms with van der Waals surface area (Å²) in [6, 6.07) is -0.673. The van der Waals surface area contributed by atoms with Gasteiger partial charge in [-0.15, -0.1) is 11.6 Å². The van der Waals surface area contributed by atoms with Gasteiger partial charge in [0, 0.05) is 24.5 Å². The molecule has 2 N–H and O–H groups in total. The smallest absolute Gasteiger partial charge is 0.227 e. The Balaban J connectivity index is 1.47. The van der Waals surface area contributed by atoms with Gasteiger partial charge in [-0.3, -0.25) is 4.79 Å². The van der Waals surface area contributed by atoms with Crippen LogP contribution in [0.15, 0.2) is 0 Å². The fraction of sp³-hybridized carbons (Fsp3) is 0.960. The van der Waals surface area contributed by atoms with Gasteiger partial charge < -0.3 is 15.4 Å². The third-order valence-electron chi connectivity index (χ3n) is 8.41. The van der Waals surface area contributed by atoms with Crippen LogP contribution < -0.4 is 10.6 Å². The molecular formula is C25H42ClF2N3O4S. The highest BCUT2D eigenvalue weighted by Crippen LogP contribution is 2.37. The Hall–Kier alpha value is -0.550. The van der Waals surface area contributed by atoms with Crippen molar-refractivity contribution in [2.45, 2.75) is 125 Å². The minimum absolute atomic E-state index is 0.245. The second-order valence-corrected chi connectivity index (χ2v) is 13.8. The van der Waals surface area contributed by atoms with E-state index in [0.717, 1.165) is 13.0 Å². The maximum Gasteiger partial charge on any atom is 0.227 e. The fourth-order valence-electron chi connectivity index (χ4n) is 6.41. The number of morpholine rings is 1. The monoisotopic (exact) mass is 553 g/mol. The lowest BCUT2D eigenvalue weighted by molar-refractivity contribution is -0.132. The Bertz CT molecular complexity index is 835. The van der Waals surface area contributed by atoms with Gasteiger partial charge in [0.15, 0.2) is 0 Å². The second-order valence-electron chi connectivity index (χ2n) is 11.1. The normalized spacial score (nSPS) is 40.4. The second kappa shape index (κ2) is 12.5. The largest absolute Gasteiger partial charge is 0.371 e. The summed E-state index contributed by atoms with van der Waals surface area (Å²) < 4.78 is 63.8. The number of nitrogens with zero attached hydrogens (tertiary/aromatic N) is 1. The van der Waals surface area contributed by atoms with Gasteiger partial charge in [0.2, 0.25) is 15.9 Å². The quantitative estimate of drug-likeness (QED) is 0.355. The number of alkyl halides is 3. The summed E-state index contributed by atoms with van der Waals surface area (Å²) in [6.07, 6.45) is 2.75. The molecule has 0 aromatic heterocycles. The summed E-state index contributed by atoms with van der Waals surface area (Å²) in [6.45, 7) is 3.71. The Morgan fingerprint density at radius 2 is 1.83 bits per heavy atom. The van der Waals surface area contributed by atoms with Gasteiger partial charge >= 0.3 is 0 Å². The number of carbonyl (C=O) groups excluding carboxylic acids is 1. The molecule has 36 heavy (non-hydrogen) atoms. The molecule has 1 aliphatic heterocycles. The minimum Gasteiger partial charge on any atom is -0.371 e. The molecule has 11 heteroatoms. The van der Waals surface area contributed by atoms with Crippen LogP contribution in [0.3, 0.4) is 0 Å². The van der Waals surface area contributed by atoms with Crippen LogP contribution in [-0.2, 0) is 19.6 Å². The average Bonchev–Trinajstić information content (AvgIpc) is 2.84. The zero-order chi connectivity index (χ0) is 25.9. The molecule has 4 rings (SSSR count). The number of hydrogen-bond acceptors (Lipinski definition) is 5. The number of fused-ring (bicyclic) bond motifs is 1. The van der Waals surface area contributed by atoms with Crippen molar-refractivity contribution in [3.63, 3.8) is 0 Å². The summed E-state index contributed by atoms with van der Waals surface area (Å²) in [7, 11) is -3.67. The molecule has 1 amide bonds. The summed E-state index contributed by atoms with van der Waals surface area (Å²) >= 11 is 6.31. The number of carbonyl (C=O) groups is 1. The van der Waals surface area contributed by atoms with Crippen molar-refractivity contribution < 1.29 is 26.7 Å². The minimum atomic E-state index is -3.67. The Labute approximate surface area is 219 Å². The first-order chi connectivity index (χ1) is 17.2. The van der Waals surface area contributed by atoms with Gasteiger partial charge in [0.1, 0.15) is 12.3 Å². The highest BCUT2D eigenvalue weighted by Gasteiger charge is 2.49. The fourth-order valence-corrected chi connectivity index (χ4v) is 9.06. The lowest BCUT2D eigenvalue weighted by Crippen LogP contribution is -2.63. The first-order valence-electron chi connectivity index (χ1n) is 13.8. The number of rotatable bonds is 8. The van der Waals surface area contributed by atoms with Gasteiger partial charge in [-0.05, 0) is 77.2 Å². The molecule has 0 bridgehead atoms. The van der Waals surface area contributed by atoms with Crippen LogP contribution in [0.25, 0.3) is 0 Å². The zero-order valence-electron chi connectivity index (χ0n) is 21.2. The number of nitrogens with one attached hydrogen (secondary N) is 2. The molecule has 0 aromatic rings. The van der Waals surface area contributed by atoms with Crippen molar-refractivity contribution >= 4 is 27.5 Å². The number of ether oxygens (including phenoxy) is 1. The van der Waals surface area contributed by atoms with E-state index in [0.29, 0.717) is 57.9 Å². The Morgan fingerprint density at radius 3 is 2.53 bits per heavy atom. The molecule has 7 unspecified atom stereocenters. The third-order valence-corrected chi connectivity index (χ3v) is 11.3. The van der Waals surface area contributed by atoms with E-state index in [-0.39, 0.29) is 43.5 Å². The maximum atomic E-state index is 14.5. The molecule has 0 radical (unpaired) electrons. The van der Waals surface area contributed by atoms with Crippen molar-refractivity contribution in [2.75, 3.05) is 19.6 Å². The molecule has 208 valence electrons. The first kappa shape index (κ1) is 28.5. The van der Waals surface area contributed by atoms with Gasteiger partial charge in [0.25, 0.3) is 0 Å². The lowest BCUT2D eigenvalue weighted by Gasteiger charge is -2.49. The number of amides is 1. The van der Waals surface area contributed by atoms with Crippen LogP contribution >= 0.6 is 11.6 Å². The third kappa shape index (κ3) is 6.53. The molecule has 7 nitrogen and oxygen atoms in total. The maximum absolute atomic E-state index is 14.5. The van der Waals surface area contributed by atoms with E-state index in [2.05, 4.69) is 17.6 Å². The summed E-state index contributed by atoms with van der Waals surface area (Å²) in [5, 5.41) is 5.21. The molecule has 4 fully saturated rings. The van der Waals surface area contributed by atoms with Crippen molar-refractivity contribution in [3.8, 4) is 0 Å². The van der Waals surface area contributed by atoms with Gasteiger partial charge in [-0.1, -0.05) is 6.92 Å². The van der Waals surface area contributed by atoms with Crippen LogP contribution in [0.2, 0.25) is 0 Å². The number of hydrogen-bond donors (Lipinski definition) is 2. The van der Waals surface area contributed by atoms with Crippen molar-refractivity contribution in [2.24, 2.45) is 5.92 Å². The zero-order valence-corrected chi connectivity index (χ0v) is 22.8. The number of sulfonamides is 1. The Kier molecular flexibility index (Phi) is 9.91. The molecule has 0 aromatic carbocycles. The van der Waals surface area contributed by atoms with Crippen molar-refractivity contribution in [1.82, 2.24) is 14.9 Å². The van der Waals surface area contributed by atoms with Gasteiger partial charge in [0.05, 0.1) is 29.4 Å². The van der Waals surface area contributed by atoms with Gasteiger partial charge in [-0.25, -0.2) is 17.2 Å². The lowest BCUT2D eigenvalue weighted by atomic mass is 9.84. The topological polar surface area (TPSA) is 87.7 Å². The van der Waals surface area contributed by atoms with Crippen molar-refractivity contribution in [1.29, 1.82) is 0 Å². The SMILES string of the molecule is CCCNCC1CN(S(=O)(=O)C2CCC(F)CC2)C2CC(NC(=O)C3C(F)CCCC3Cl)CCC2O1. The number of halogens is 3. The average molecular weight is 554 g/mol. The van der Waals surface area contributed by atoms with E-state index in [4.69, 9.17) is 16.3 Å². The van der Waals surface area contributed by atoms with Crippen molar-refractivity contribution in [3.05, 3.63) is 0 Å². The molecule has 1 saturated heterocycles. The van der Waals surface area contributed by atoms with E-state index in [1.165, 1.54) is 0 Å². The standard InChI is InChI=1S/C25H42ClF2N3O4S/c1-2-12-29-14-18-15-31(36(33,34)19-9-6-16(27)7-10-19)22-13-17(8-11-23(22)35-18)30-25(32)24-20(26)4-3-5-21(24)28/h16-24,29H,2-15H2,1H3,(H,30,32). The molecule has 3 saturated carbocycles. The highest BCUT2D eigenvalue weighted by atomic mass is 35.5. The predicted octanol–water partition coefficient (Wildman–Crippen LogP) is 3.45. The predicted molar refractivity (Wildman–Crippen MR) is 136 cm³/mol. The van der Waals surface area contributed by atoms with E-state index < -0.39 is 45.0 Å². The van der Waals surface area contributed by atoms with Crippen LogP contribution in [-0.4, -0.2) is 85.5 Å². The summed E-state index contributed by atoms with van der Waals surface area (Å²) in [4.78, 5) is 13.0. The first-order valence-corrected chi connectivity index (χ1v) is 15.7. The molecule has 0 spiro atoms. The van der Waals surface area contributed by atoms with E-state index in [1.54, 1.807) is 4.31 Å². The summed E-state index contributed by atoms with van der Waals surface area (Å²) in [5.74, 6) is -1.25. The van der Waals surface area contributed by atoms with E-state index >= 15 is 0 Å². The van der Waals surface area contributed by atoms with Crippen LogP contribution in [0.1, 0.15) is 77.6 Å². The van der Waals surface area contributed by atoms with Crippen LogP contribution in [0.4, 0.5) is 8.78 Å².